The van der Waals surface area contributed by atoms with E-state index >= 15 is 0 Å². The fraction of sp³-hybridized carbons (Fsp3) is 0.0909. The maximum Gasteiger partial charge on any atom is 0.201 e. The topological polar surface area (TPSA) is 116 Å². The lowest BCUT2D eigenvalue weighted by Crippen LogP contribution is -2.02. The van der Waals surface area contributed by atoms with Crippen LogP contribution in [0.3, 0.4) is 0 Å². The number of nitrogens with zero attached hydrogens (tertiary/aromatic N) is 4. The zero-order chi connectivity index (χ0) is 20.8. The van der Waals surface area contributed by atoms with Crippen molar-refractivity contribution in [2.24, 2.45) is 0 Å². The zero-order valence-electron chi connectivity index (χ0n) is 16.0. The maximum absolute atomic E-state index is 9.05. The van der Waals surface area contributed by atoms with Gasteiger partial charge in [-0.1, -0.05) is 30.3 Å². The number of hydrogen-bond donors (Lipinski definition) is 4. The van der Waals surface area contributed by atoms with Gasteiger partial charge in [-0.05, 0) is 36.4 Å². The highest BCUT2D eigenvalue weighted by Gasteiger charge is 2.15. The predicted molar refractivity (Wildman–Crippen MR) is 115 cm³/mol. The van der Waals surface area contributed by atoms with E-state index in [1.165, 1.54) is 0 Å². The average molecular weight is 400 g/mol. The van der Waals surface area contributed by atoms with Crippen LogP contribution in [0.2, 0.25) is 0 Å². The van der Waals surface area contributed by atoms with Crippen LogP contribution in [0.1, 0.15) is 0 Å². The molecule has 0 aliphatic heterocycles. The lowest BCUT2D eigenvalue weighted by Gasteiger charge is -2.11. The van der Waals surface area contributed by atoms with E-state index in [4.69, 9.17) is 15.2 Å². The molecule has 0 amide bonds. The second kappa shape index (κ2) is 9.08. The Bertz CT molecular complexity index is 1100. The molecule has 0 spiro atoms. The number of pyridine rings is 1. The maximum atomic E-state index is 9.05. The molecule has 2 heterocycles. The molecule has 30 heavy (non-hydrogen) atoms. The molecule has 4 aromatic rings. The first-order valence-electron chi connectivity index (χ1n) is 9.35. The number of aliphatic hydroxyl groups excluding tert-OH is 2. The van der Waals surface area contributed by atoms with Gasteiger partial charge in [0.05, 0.1) is 0 Å². The molecule has 0 saturated carbocycles. The second-order valence-corrected chi connectivity index (χ2v) is 6.37. The molecule has 0 unspecified atom stereocenters. The summed E-state index contributed by atoms with van der Waals surface area (Å²) in [5, 5.41) is 32.5. The van der Waals surface area contributed by atoms with E-state index in [0.717, 1.165) is 22.5 Å². The first-order valence-corrected chi connectivity index (χ1v) is 9.35. The van der Waals surface area contributed by atoms with Gasteiger partial charge in [-0.2, -0.15) is 0 Å². The summed E-state index contributed by atoms with van der Waals surface area (Å²) >= 11 is 0. The quantitative estimate of drug-likeness (QED) is 0.350. The number of hydrogen-bond acceptors (Lipinski definition) is 8. The van der Waals surface area contributed by atoms with Crippen molar-refractivity contribution >= 4 is 11.4 Å². The molecular weight excluding hydrogens is 380 g/mol. The number of rotatable bonds is 7. The van der Waals surface area contributed by atoms with Gasteiger partial charge in [0.2, 0.25) is 5.82 Å². The van der Waals surface area contributed by atoms with Crippen molar-refractivity contribution in [2.75, 3.05) is 24.1 Å². The third-order valence-electron chi connectivity index (χ3n) is 4.46. The summed E-state index contributed by atoms with van der Waals surface area (Å²) in [6.07, 6.45) is 1.69. The summed E-state index contributed by atoms with van der Waals surface area (Å²) in [6.45, 7) is -0.281. The van der Waals surface area contributed by atoms with Gasteiger partial charge in [-0.3, -0.25) is 4.98 Å². The monoisotopic (exact) mass is 400 g/mol. The number of benzene rings is 2. The van der Waals surface area contributed by atoms with Crippen LogP contribution in [-0.2, 0) is 0 Å². The van der Waals surface area contributed by atoms with Gasteiger partial charge in [-0.25, -0.2) is 4.98 Å². The molecule has 0 radical (unpaired) electrons. The Morgan fingerprint density at radius 3 is 1.80 bits per heavy atom. The Balaban J connectivity index is 1.80. The fourth-order valence-electron chi connectivity index (χ4n) is 3.00. The molecule has 150 valence electrons. The lowest BCUT2D eigenvalue weighted by molar-refractivity contribution is 0.325. The van der Waals surface area contributed by atoms with Crippen molar-refractivity contribution in [3.63, 3.8) is 0 Å². The van der Waals surface area contributed by atoms with Crippen LogP contribution in [0.5, 0.6) is 0 Å². The van der Waals surface area contributed by atoms with Crippen LogP contribution in [-0.4, -0.2) is 43.8 Å². The standard InChI is InChI=1S/C22H20N6O2/c29-13-24-17-8-4-15(5-9-17)20-21(16-6-10-18(11-7-16)25-14-30)27-28-22(26-20)19-3-1-2-12-23-19/h1-12,24-25,29-30H,13-14H2. The molecular formula is C22H20N6O2. The third kappa shape index (κ3) is 4.24. The first-order chi connectivity index (χ1) is 14.8. The molecule has 0 saturated heterocycles. The van der Waals surface area contributed by atoms with Crippen molar-refractivity contribution in [3.05, 3.63) is 72.9 Å². The van der Waals surface area contributed by atoms with E-state index in [9.17, 15) is 0 Å². The van der Waals surface area contributed by atoms with Gasteiger partial charge in [0, 0.05) is 28.7 Å². The minimum absolute atomic E-state index is 0.140. The molecule has 0 bridgehead atoms. The minimum Gasteiger partial charge on any atom is -0.377 e. The molecule has 0 atom stereocenters. The number of aliphatic hydroxyl groups is 2. The third-order valence-corrected chi connectivity index (χ3v) is 4.46. The van der Waals surface area contributed by atoms with Gasteiger partial charge in [0.15, 0.2) is 0 Å². The van der Waals surface area contributed by atoms with Gasteiger partial charge in [-0.15, -0.1) is 10.2 Å². The minimum atomic E-state index is -0.141. The lowest BCUT2D eigenvalue weighted by atomic mass is 10.0. The smallest absolute Gasteiger partial charge is 0.201 e. The molecule has 4 rings (SSSR count). The van der Waals surface area contributed by atoms with Crippen molar-refractivity contribution in [3.8, 4) is 34.0 Å². The molecule has 0 fully saturated rings. The Kier molecular flexibility index (Phi) is 5.88. The first kappa shape index (κ1) is 19.4. The second-order valence-electron chi connectivity index (χ2n) is 6.37. The summed E-state index contributed by atoms with van der Waals surface area (Å²) in [7, 11) is 0. The molecule has 0 aliphatic rings. The number of anilines is 2. The van der Waals surface area contributed by atoms with E-state index < -0.39 is 0 Å². The van der Waals surface area contributed by atoms with Crippen LogP contribution < -0.4 is 10.6 Å². The summed E-state index contributed by atoms with van der Waals surface area (Å²) in [4.78, 5) is 9.08. The number of nitrogens with one attached hydrogen (secondary N) is 2. The van der Waals surface area contributed by atoms with Crippen molar-refractivity contribution in [2.45, 2.75) is 0 Å². The van der Waals surface area contributed by atoms with Crippen LogP contribution in [0.4, 0.5) is 11.4 Å². The summed E-state index contributed by atoms with van der Waals surface area (Å²) in [6, 6.07) is 20.6. The zero-order valence-corrected chi connectivity index (χ0v) is 16.0. The molecule has 0 aliphatic carbocycles. The van der Waals surface area contributed by atoms with E-state index in [0.29, 0.717) is 22.9 Å². The van der Waals surface area contributed by atoms with Gasteiger partial charge in [0.25, 0.3) is 0 Å². The molecule has 2 aromatic carbocycles. The largest absolute Gasteiger partial charge is 0.377 e. The average Bonchev–Trinajstić information content (AvgIpc) is 2.81. The Labute approximate surface area is 173 Å². The highest BCUT2D eigenvalue weighted by molar-refractivity contribution is 5.79. The van der Waals surface area contributed by atoms with Crippen molar-refractivity contribution in [1.82, 2.24) is 20.2 Å². The Morgan fingerprint density at radius 1 is 0.667 bits per heavy atom. The van der Waals surface area contributed by atoms with Gasteiger partial charge in [0.1, 0.15) is 30.5 Å². The summed E-state index contributed by atoms with van der Waals surface area (Å²) in [5.41, 5.74) is 5.25. The van der Waals surface area contributed by atoms with Crippen LogP contribution >= 0.6 is 0 Å². The molecule has 8 nitrogen and oxygen atoms in total. The van der Waals surface area contributed by atoms with E-state index in [1.54, 1.807) is 6.20 Å². The molecule has 4 N–H and O–H groups in total. The molecule has 8 heteroatoms. The molecule has 2 aromatic heterocycles. The SMILES string of the molecule is OCNc1ccc(-c2nnc(-c3ccccn3)nc2-c2ccc(NCO)cc2)cc1. The van der Waals surface area contributed by atoms with E-state index in [-0.39, 0.29) is 13.5 Å². The van der Waals surface area contributed by atoms with Gasteiger partial charge < -0.3 is 20.8 Å². The Hall–Kier alpha value is -3.88. The fourth-order valence-corrected chi connectivity index (χ4v) is 3.00. The summed E-state index contributed by atoms with van der Waals surface area (Å²) < 4.78 is 0. The number of aromatic nitrogens is 4. The normalized spacial score (nSPS) is 10.6. The van der Waals surface area contributed by atoms with Crippen LogP contribution in [0.25, 0.3) is 34.0 Å². The predicted octanol–water partition coefficient (Wildman–Crippen LogP) is 2.99. The van der Waals surface area contributed by atoms with Gasteiger partial charge >= 0.3 is 0 Å². The van der Waals surface area contributed by atoms with Crippen LogP contribution in [0.15, 0.2) is 72.9 Å². The Morgan fingerprint density at radius 2 is 1.27 bits per heavy atom. The highest BCUT2D eigenvalue weighted by atomic mass is 16.3. The van der Waals surface area contributed by atoms with Crippen molar-refractivity contribution < 1.29 is 10.2 Å². The van der Waals surface area contributed by atoms with E-state index in [1.807, 2.05) is 66.7 Å². The van der Waals surface area contributed by atoms with Crippen molar-refractivity contribution in [1.29, 1.82) is 0 Å². The van der Waals surface area contributed by atoms with E-state index in [2.05, 4.69) is 25.8 Å². The van der Waals surface area contributed by atoms with Crippen LogP contribution in [0, 0.1) is 0 Å². The summed E-state index contributed by atoms with van der Waals surface area (Å²) in [5.74, 6) is 0.436. The highest BCUT2D eigenvalue weighted by Crippen LogP contribution is 2.31.